The highest BCUT2D eigenvalue weighted by Crippen LogP contribution is 2.24. The number of sulfonamides is 1. The maximum Gasteiger partial charge on any atom is 0.244 e. The van der Waals surface area contributed by atoms with E-state index in [2.05, 4.69) is 10.0 Å². The Kier molecular flexibility index (Phi) is 7.10. The van der Waals surface area contributed by atoms with Gasteiger partial charge in [-0.3, -0.25) is 0 Å². The van der Waals surface area contributed by atoms with Gasteiger partial charge in [0.1, 0.15) is 10.6 Å². The van der Waals surface area contributed by atoms with Crippen LogP contribution < -0.4 is 14.8 Å². The highest BCUT2D eigenvalue weighted by atomic mass is 32.2. The number of benzene rings is 1. The first-order valence-corrected chi connectivity index (χ1v) is 8.23. The van der Waals surface area contributed by atoms with E-state index in [0.29, 0.717) is 25.4 Å². The monoisotopic (exact) mass is 316 g/mol. The Balaban J connectivity index is 2.97. The molecule has 0 aliphatic carbocycles. The maximum absolute atomic E-state index is 12.4. The lowest BCUT2D eigenvalue weighted by molar-refractivity contribution is 0.161. The number of ether oxygens (including phenoxy) is 2. The molecule has 1 atom stereocenters. The second-order valence-electron chi connectivity index (χ2n) is 4.93. The predicted molar refractivity (Wildman–Crippen MR) is 82.0 cm³/mol. The van der Waals surface area contributed by atoms with Gasteiger partial charge in [-0.25, -0.2) is 13.1 Å². The van der Waals surface area contributed by atoms with E-state index in [0.717, 1.165) is 5.56 Å². The van der Waals surface area contributed by atoms with Gasteiger partial charge in [0.25, 0.3) is 0 Å². The van der Waals surface area contributed by atoms with E-state index in [1.165, 1.54) is 7.11 Å². The lowest BCUT2D eigenvalue weighted by Crippen LogP contribution is -2.30. The summed E-state index contributed by atoms with van der Waals surface area (Å²) in [7, 11) is 1.24. The van der Waals surface area contributed by atoms with Crippen LogP contribution in [0.15, 0.2) is 23.1 Å². The molecule has 2 N–H and O–H groups in total. The topological polar surface area (TPSA) is 76.7 Å². The summed E-state index contributed by atoms with van der Waals surface area (Å²) in [6.45, 7) is 3.32. The van der Waals surface area contributed by atoms with Crippen LogP contribution in [0.1, 0.15) is 12.5 Å². The van der Waals surface area contributed by atoms with Crippen molar-refractivity contribution in [2.45, 2.75) is 18.4 Å². The summed E-state index contributed by atoms with van der Waals surface area (Å²) in [6, 6.07) is 5.13. The lowest BCUT2D eigenvalue weighted by atomic mass is 10.2. The molecule has 21 heavy (non-hydrogen) atoms. The van der Waals surface area contributed by atoms with Gasteiger partial charge in [0.2, 0.25) is 10.0 Å². The van der Waals surface area contributed by atoms with Crippen molar-refractivity contribution in [2.24, 2.45) is 5.92 Å². The summed E-state index contributed by atoms with van der Waals surface area (Å²) in [5, 5.41) is 2.99. The number of methoxy groups -OCH3 is 2. The van der Waals surface area contributed by atoms with Gasteiger partial charge in [-0.05, 0) is 30.7 Å². The number of nitrogens with one attached hydrogen (secondary N) is 2. The second kappa shape index (κ2) is 8.33. The van der Waals surface area contributed by atoms with E-state index in [9.17, 15) is 8.42 Å². The molecule has 0 heterocycles. The Bertz CT molecular complexity index is 546. The summed E-state index contributed by atoms with van der Waals surface area (Å²) >= 11 is 0. The fourth-order valence-electron chi connectivity index (χ4n) is 1.92. The third-order valence-corrected chi connectivity index (χ3v) is 4.42. The summed E-state index contributed by atoms with van der Waals surface area (Å²) in [4.78, 5) is 0.155. The van der Waals surface area contributed by atoms with Crippen molar-refractivity contribution < 1.29 is 17.9 Å². The van der Waals surface area contributed by atoms with Crippen LogP contribution in [0, 0.1) is 5.92 Å². The SMILES string of the molecule is CNCc1ccc(OC)c(S(=O)(=O)NCC(C)COC)c1. The number of hydrogen-bond donors (Lipinski definition) is 2. The molecule has 0 saturated heterocycles. The average Bonchev–Trinajstić information content (AvgIpc) is 2.46. The highest BCUT2D eigenvalue weighted by molar-refractivity contribution is 7.89. The van der Waals surface area contributed by atoms with Gasteiger partial charge < -0.3 is 14.8 Å². The van der Waals surface area contributed by atoms with Gasteiger partial charge in [-0.15, -0.1) is 0 Å². The van der Waals surface area contributed by atoms with Crippen LogP contribution in [0.25, 0.3) is 0 Å². The van der Waals surface area contributed by atoms with Gasteiger partial charge >= 0.3 is 0 Å². The van der Waals surface area contributed by atoms with Crippen LogP contribution in [0.4, 0.5) is 0 Å². The predicted octanol–water partition coefficient (Wildman–Crippen LogP) is 0.975. The van der Waals surface area contributed by atoms with Gasteiger partial charge in [0.15, 0.2) is 0 Å². The van der Waals surface area contributed by atoms with E-state index in [-0.39, 0.29) is 10.8 Å². The number of rotatable bonds is 9. The fourth-order valence-corrected chi connectivity index (χ4v) is 3.30. The fraction of sp³-hybridized carbons (Fsp3) is 0.571. The highest BCUT2D eigenvalue weighted by Gasteiger charge is 2.20. The van der Waals surface area contributed by atoms with E-state index >= 15 is 0 Å². The molecule has 0 bridgehead atoms. The van der Waals surface area contributed by atoms with Crippen LogP contribution in [-0.4, -0.2) is 42.8 Å². The van der Waals surface area contributed by atoms with Crippen molar-refractivity contribution in [2.75, 3.05) is 34.4 Å². The molecule has 0 amide bonds. The molecular formula is C14H24N2O4S. The first-order chi connectivity index (χ1) is 9.94. The van der Waals surface area contributed by atoms with Gasteiger partial charge in [-0.1, -0.05) is 13.0 Å². The molecule has 0 fully saturated rings. The maximum atomic E-state index is 12.4. The molecule has 120 valence electrons. The summed E-state index contributed by atoms with van der Waals surface area (Å²) in [5.41, 5.74) is 0.878. The van der Waals surface area contributed by atoms with Crippen molar-refractivity contribution in [3.63, 3.8) is 0 Å². The van der Waals surface area contributed by atoms with E-state index in [4.69, 9.17) is 9.47 Å². The van der Waals surface area contributed by atoms with E-state index in [1.54, 1.807) is 19.2 Å². The van der Waals surface area contributed by atoms with Crippen molar-refractivity contribution in [3.05, 3.63) is 23.8 Å². The minimum Gasteiger partial charge on any atom is -0.495 e. The first kappa shape index (κ1) is 17.9. The van der Waals surface area contributed by atoms with Crippen molar-refractivity contribution in [3.8, 4) is 5.75 Å². The molecule has 1 rings (SSSR count). The Morgan fingerprint density at radius 2 is 2.00 bits per heavy atom. The normalized spacial score (nSPS) is 13.1. The summed E-state index contributed by atoms with van der Waals surface area (Å²) in [6.07, 6.45) is 0. The third-order valence-electron chi connectivity index (χ3n) is 2.97. The quantitative estimate of drug-likeness (QED) is 0.710. The molecule has 0 saturated carbocycles. The van der Waals surface area contributed by atoms with Crippen LogP contribution in [0.2, 0.25) is 0 Å². The zero-order chi connectivity index (χ0) is 15.9. The molecular weight excluding hydrogens is 292 g/mol. The molecule has 7 heteroatoms. The Hall–Kier alpha value is -1.15. The first-order valence-electron chi connectivity index (χ1n) is 6.74. The van der Waals surface area contributed by atoms with Crippen LogP contribution in [0.3, 0.4) is 0 Å². The van der Waals surface area contributed by atoms with Gasteiger partial charge in [0, 0.05) is 26.8 Å². The number of hydrogen-bond acceptors (Lipinski definition) is 5. The molecule has 0 spiro atoms. The molecule has 0 aromatic heterocycles. The largest absolute Gasteiger partial charge is 0.495 e. The standard InChI is InChI=1S/C14H24N2O4S/c1-11(10-19-3)8-16-21(17,18)14-7-12(9-15-2)5-6-13(14)20-4/h5-7,11,15-16H,8-10H2,1-4H3. The molecule has 1 aromatic rings. The summed E-state index contributed by atoms with van der Waals surface area (Å²) < 4.78 is 37.6. The smallest absolute Gasteiger partial charge is 0.244 e. The summed E-state index contributed by atoms with van der Waals surface area (Å²) in [5.74, 6) is 0.429. The lowest BCUT2D eigenvalue weighted by Gasteiger charge is -2.15. The van der Waals surface area contributed by atoms with Crippen molar-refractivity contribution >= 4 is 10.0 Å². The minimum absolute atomic E-state index is 0.0938. The molecule has 1 aromatic carbocycles. The minimum atomic E-state index is -3.62. The second-order valence-corrected chi connectivity index (χ2v) is 6.66. The molecule has 0 aliphatic heterocycles. The van der Waals surface area contributed by atoms with Gasteiger partial charge in [-0.2, -0.15) is 0 Å². The van der Waals surface area contributed by atoms with Crippen molar-refractivity contribution in [1.29, 1.82) is 0 Å². The third kappa shape index (κ3) is 5.28. The molecule has 0 radical (unpaired) electrons. The van der Waals surface area contributed by atoms with Crippen LogP contribution in [0.5, 0.6) is 5.75 Å². The van der Waals surface area contributed by atoms with Crippen LogP contribution in [-0.2, 0) is 21.3 Å². The zero-order valence-electron chi connectivity index (χ0n) is 13.0. The Morgan fingerprint density at radius 3 is 2.57 bits per heavy atom. The molecule has 0 aliphatic rings. The van der Waals surface area contributed by atoms with Gasteiger partial charge in [0.05, 0.1) is 7.11 Å². The van der Waals surface area contributed by atoms with E-state index in [1.807, 2.05) is 20.0 Å². The Morgan fingerprint density at radius 1 is 1.29 bits per heavy atom. The Labute approximate surface area is 126 Å². The van der Waals surface area contributed by atoms with Crippen molar-refractivity contribution in [1.82, 2.24) is 10.0 Å². The van der Waals surface area contributed by atoms with Crippen LogP contribution >= 0.6 is 0 Å². The average molecular weight is 316 g/mol. The molecule has 1 unspecified atom stereocenters. The van der Waals surface area contributed by atoms with E-state index < -0.39 is 10.0 Å². The molecule has 6 nitrogen and oxygen atoms in total. The zero-order valence-corrected chi connectivity index (χ0v) is 13.8.